The average Bonchev–Trinajstić information content (AvgIpc) is 2.18. The smallest absolute Gasteiger partial charge is 0.154 e. The Bertz CT molecular complexity index is 351. The Kier molecular flexibility index (Phi) is 2.85. The van der Waals surface area contributed by atoms with E-state index in [2.05, 4.69) is 5.32 Å². The molecule has 0 aliphatic carbocycles. The molecule has 1 aliphatic rings. The summed E-state index contributed by atoms with van der Waals surface area (Å²) < 4.78 is 0. The van der Waals surface area contributed by atoms with E-state index in [4.69, 9.17) is 11.6 Å². The van der Waals surface area contributed by atoms with E-state index in [-0.39, 0.29) is 11.7 Å². The van der Waals surface area contributed by atoms with Crippen LogP contribution in [-0.4, -0.2) is 18.9 Å². The highest BCUT2D eigenvalue weighted by Crippen LogP contribution is 2.24. The van der Waals surface area contributed by atoms with Crippen LogP contribution in [0, 0.1) is 0 Å². The molecule has 0 amide bonds. The molecule has 1 aromatic carbocycles. The van der Waals surface area contributed by atoms with Gasteiger partial charge in [0.2, 0.25) is 0 Å². The topological polar surface area (TPSA) is 29.1 Å². The second-order valence-corrected chi connectivity index (χ2v) is 3.98. The van der Waals surface area contributed by atoms with Crippen molar-refractivity contribution in [3.05, 3.63) is 34.9 Å². The van der Waals surface area contributed by atoms with Gasteiger partial charge in [-0.25, -0.2) is 0 Å². The quantitative estimate of drug-likeness (QED) is 0.767. The Balaban J connectivity index is 2.24. The van der Waals surface area contributed by atoms with E-state index in [1.807, 2.05) is 24.3 Å². The molecule has 14 heavy (non-hydrogen) atoms. The molecule has 1 fully saturated rings. The molecule has 3 heteroatoms. The van der Waals surface area contributed by atoms with Crippen molar-refractivity contribution in [1.29, 1.82) is 0 Å². The van der Waals surface area contributed by atoms with Crippen molar-refractivity contribution in [2.75, 3.05) is 13.1 Å². The average molecular weight is 210 g/mol. The zero-order valence-electron chi connectivity index (χ0n) is 7.79. The molecule has 1 unspecified atom stereocenters. The Morgan fingerprint density at radius 1 is 1.43 bits per heavy atom. The van der Waals surface area contributed by atoms with Crippen molar-refractivity contribution < 1.29 is 4.79 Å². The maximum atomic E-state index is 11.6. The van der Waals surface area contributed by atoms with Crippen LogP contribution in [0.15, 0.2) is 24.3 Å². The number of hydrogen-bond acceptors (Lipinski definition) is 2. The minimum atomic E-state index is 0.0370. The van der Waals surface area contributed by atoms with Gasteiger partial charge in [0.25, 0.3) is 0 Å². The van der Waals surface area contributed by atoms with Crippen LogP contribution in [0.1, 0.15) is 17.9 Å². The number of ketones is 1. The first-order valence-corrected chi connectivity index (χ1v) is 5.14. The van der Waals surface area contributed by atoms with Crippen molar-refractivity contribution in [3.63, 3.8) is 0 Å². The minimum Gasteiger partial charge on any atom is -0.310 e. The van der Waals surface area contributed by atoms with Gasteiger partial charge < -0.3 is 5.32 Å². The molecule has 2 rings (SSSR count). The van der Waals surface area contributed by atoms with Crippen molar-refractivity contribution in [3.8, 4) is 0 Å². The van der Waals surface area contributed by atoms with E-state index in [1.165, 1.54) is 0 Å². The van der Waals surface area contributed by atoms with Gasteiger partial charge in [0.05, 0.1) is 6.54 Å². The summed E-state index contributed by atoms with van der Waals surface area (Å²) in [5.74, 6) is 0.300. The van der Waals surface area contributed by atoms with Gasteiger partial charge in [-0.05, 0) is 30.7 Å². The number of piperidine rings is 1. The Morgan fingerprint density at radius 3 is 3.00 bits per heavy atom. The summed E-state index contributed by atoms with van der Waals surface area (Å²) in [6.07, 6.45) is 0.874. The van der Waals surface area contributed by atoms with Crippen LogP contribution in [0.5, 0.6) is 0 Å². The zero-order chi connectivity index (χ0) is 9.97. The summed E-state index contributed by atoms with van der Waals surface area (Å²) in [5, 5.41) is 3.77. The van der Waals surface area contributed by atoms with E-state index in [1.54, 1.807) is 0 Å². The Morgan fingerprint density at radius 2 is 2.29 bits per heavy atom. The standard InChI is InChI=1S/C11H12ClNO/c12-9-3-1-2-8(6-9)10-4-5-13-7-11(10)14/h1-3,6,10,13H,4-5,7H2. The molecule has 0 radical (unpaired) electrons. The number of carbonyl (C=O) groups is 1. The summed E-state index contributed by atoms with van der Waals surface area (Å²) in [7, 11) is 0. The van der Waals surface area contributed by atoms with Crippen LogP contribution in [0.4, 0.5) is 0 Å². The number of Topliss-reactive ketones (excluding diaryl/α,β-unsaturated/α-hetero) is 1. The summed E-state index contributed by atoms with van der Waals surface area (Å²) in [5.41, 5.74) is 1.05. The third kappa shape index (κ3) is 1.97. The number of hydrogen-bond donors (Lipinski definition) is 1. The molecule has 1 aromatic rings. The highest BCUT2D eigenvalue weighted by molar-refractivity contribution is 6.30. The normalized spacial score (nSPS) is 22.4. The van der Waals surface area contributed by atoms with Gasteiger partial charge in [-0.3, -0.25) is 4.79 Å². The van der Waals surface area contributed by atoms with Crippen molar-refractivity contribution >= 4 is 17.4 Å². The zero-order valence-corrected chi connectivity index (χ0v) is 8.55. The number of rotatable bonds is 1. The Hall–Kier alpha value is -0.860. The summed E-state index contributed by atoms with van der Waals surface area (Å²) in [4.78, 5) is 11.6. The number of halogens is 1. The number of benzene rings is 1. The predicted molar refractivity (Wildman–Crippen MR) is 56.7 cm³/mol. The molecule has 0 aromatic heterocycles. The third-order valence-electron chi connectivity index (χ3n) is 2.55. The van der Waals surface area contributed by atoms with Gasteiger partial charge in [0.15, 0.2) is 5.78 Å². The van der Waals surface area contributed by atoms with Crippen molar-refractivity contribution in [2.24, 2.45) is 0 Å². The van der Waals surface area contributed by atoms with Gasteiger partial charge in [0, 0.05) is 10.9 Å². The lowest BCUT2D eigenvalue weighted by molar-refractivity contribution is -0.120. The minimum absolute atomic E-state index is 0.0370. The lowest BCUT2D eigenvalue weighted by atomic mass is 9.89. The molecule has 0 saturated carbocycles. The van der Waals surface area contributed by atoms with E-state index < -0.39 is 0 Å². The SMILES string of the molecule is O=C1CNCCC1c1cccc(Cl)c1. The fourth-order valence-corrected chi connectivity index (χ4v) is 2.02. The second-order valence-electron chi connectivity index (χ2n) is 3.54. The third-order valence-corrected chi connectivity index (χ3v) is 2.78. The highest BCUT2D eigenvalue weighted by atomic mass is 35.5. The summed E-state index contributed by atoms with van der Waals surface area (Å²) in [6, 6.07) is 7.58. The van der Waals surface area contributed by atoms with Gasteiger partial charge in [-0.2, -0.15) is 0 Å². The first kappa shape index (κ1) is 9.69. The molecule has 2 nitrogen and oxygen atoms in total. The van der Waals surface area contributed by atoms with E-state index in [0.29, 0.717) is 11.6 Å². The summed E-state index contributed by atoms with van der Waals surface area (Å²) in [6.45, 7) is 1.39. The van der Waals surface area contributed by atoms with Crippen LogP contribution in [0.25, 0.3) is 0 Å². The molecule has 1 N–H and O–H groups in total. The lowest BCUT2D eigenvalue weighted by Crippen LogP contribution is -2.35. The van der Waals surface area contributed by atoms with Gasteiger partial charge in [0.1, 0.15) is 0 Å². The fourth-order valence-electron chi connectivity index (χ4n) is 1.82. The van der Waals surface area contributed by atoms with Crippen LogP contribution in [0.2, 0.25) is 5.02 Å². The lowest BCUT2D eigenvalue weighted by Gasteiger charge is -2.21. The molecule has 0 bridgehead atoms. The maximum Gasteiger partial charge on any atom is 0.154 e. The van der Waals surface area contributed by atoms with Crippen LogP contribution in [-0.2, 0) is 4.79 Å². The first-order chi connectivity index (χ1) is 6.77. The van der Waals surface area contributed by atoms with Crippen LogP contribution >= 0.6 is 11.6 Å². The fraction of sp³-hybridized carbons (Fsp3) is 0.364. The molecular formula is C11H12ClNO. The first-order valence-electron chi connectivity index (χ1n) is 4.76. The maximum absolute atomic E-state index is 11.6. The molecule has 74 valence electrons. The van der Waals surface area contributed by atoms with Gasteiger partial charge in [-0.15, -0.1) is 0 Å². The molecule has 1 aliphatic heterocycles. The predicted octanol–water partition coefficient (Wildman–Crippen LogP) is 1.99. The molecule has 1 saturated heterocycles. The highest BCUT2D eigenvalue weighted by Gasteiger charge is 2.23. The Labute approximate surface area is 88.3 Å². The molecular weight excluding hydrogens is 198 g/mol. The van der Waals surface area contributed by atoms with Gasteiger partial charge >= 0.3 is 0 Å². The summed E-state index contributed by atoms with van der Waals surface area (Å²) >= 11 is 5.88. The molecule has 1 heterocycles. The number of nitrogens with one attached hydrogen (secondary N) is 1. The van der Waals surface area contributed by atoms with Gasteiger partial charge in [-0.1, -0.05) is 23.7 Å². The van der Waals surface area contributed by atoms with Crippen molar-refractivity contribution in [2.45, 2.75) is 12.3 Å². The van der Waals surface area contributed by atoms with E-state index in [9.17, 15) is 4.79 Å². The van der Waals surface area contributed by atoms with E-state index >= 15 is 0 Å². The second kappa shape index (κ2) is 4.11. The van der Waals surface area contributed by atoms with Crippen LogP contribution in [0.3, 0.4) is 0 Å². The van der Waals surface area contributed by atoms with Crippen LogP contribution < -0.4 is 5.32 Å². The molecule has 1 atom stereocenters. The molecule has 0 spiro atoms. The largest absolute Gasteiger partial charge is 0.310 e. The van der Waals surface area contributed by atoms with E-state index in [0.717, 1.165) is 18.5 Å². The number of carbonyl (C=O) groups excluding carboxylic acids is 1. The van der Waals surface area contributed by atoms with Crippen molar-refractivity contribution in [1.82, 2.24) is 5.32 Å². The monoisotopic (exact) mass is 209 g/mol.